The molecule has 1 aromatic carbocycles. The molecule has 0 atom stereocenters. The molecule has 0 unspecified atom stereocenters. The molecule has 1 N–H and O–H groups in total. The summed E-state index contributed by atoms with van der Waals surface area (Å²) in [4.78, 5) is 9.04. The highest BCUT2D eigenvalue weighted by Gasteiger charge is 2.11. The number of aromatic nitrogens is 2. The van der Waals surface area contributed by atoms with Gasteiger partial charge in [0.15, 0.2) is 0 Å². The van der Waals surface area contributed by atoms with Crippen molar-refractivity contribution >= 4 is 40.0 Å². The van der Waals surface area contributed by atoms with Crippen LogP contribution in [0.4, 0.5) is 10.2 Å². The fourth-order valence-corrected chi connectivity index (χ4v) is 2.56. The number of hydrogen-bond donors (Lipinski definition) is 1. The summed E-state index contributed by atoms with van der Waals surface area (Å²) < 4.78 is 14.1. The summed E-state index contributed by atoms with van der Waals surface area (Å²) in [7, 11) is 0. The van der Waals surface area contributed by atoms with Crippen molar-refractivity contribution in [2.75, 3.05) is 11.9 Å². The zero-order valence-corrected chi connectivity index (χ0v) is 14.8. The fraction of sp³-hybridized carbons (Fsp3) is 0.333. The molecular formula is C15H16ClFIN3. The van der Waals surface area contributed by atoms with Gasteiger partial charge in [0, 0.05) is 18.0 Å². The van der Waals surface area contributed by atoms with Crippen molar-refractivity contribution in [3.63, 3.8) is 0 Å². The Hall–Kier alpha value is -0.950. The molecule has 0 saturated carbocycles. The Morgan fingerprint density at radius 2 is 2.10 bits per heavy atom. The van der Waals surface area contributed by atoms with Gasteiger partial charge >= 0.3 is 0 Å². The molecule has 0 fully saturated rings. The normalized spacial score (nSPS) is 10.7. The third kappa shape index (κ3) is 4.26. The van der Waals surface area contributed by atoms with E-state index in [1.165, 1.54) is 12.1 Å². The van der Waals surface area contributed by atoms with Crippen molar-refractivity contribution < 1.29 is 4.39 Å². The molecule has 0 amide bonds. The summed E-state index contributed by atoms with van der Waals surface area (Å²) in [5, 5.41) is 3.70. The maximum Gasteiger partial charge on any atom is 0.143 e. The lowest BCUT2D eigenvalue weighted by atomic mass is 10.1. The lowest BCUT2D eigenvalue weighted by Gasteiger charge is -2.11. The van der Waals surface area contributed by atoms with E-state index in [-0.39, 0.29) is 5.82 Å². The molecule has 112 valence electrons. The van der Waals surface area contributed by atoms with E-state index in [4.69, 9.17) is 11.6 Å². The first kappa shape index (κ1) is 16.4. The van der Waals surface area contributed by atoms with Crippen molar-refractivity contribution in [1.29, 1.82) is 0 Å². The van der Waals surface area contributed by atoms with Crippen LogP contribution >= 0.6 is 34.2 Å². The van der Waals surface area contributed by atoms with Crippen LogP contribution in [0.5, 0.6) is 0 Å². The maximum absolute atomic E-state index is 13.1. The summed E-state index contributed by atoms with van der Waals surface area (Å²) in [6.45, 7) is 4.92. The minimum absolute atomic E-state index is 0.339. The Morgan fingerprint density at radius 1 is 1.33 bits per heavy atom. The van der Waals surface area contributed by atoms with Gasteiger partial charge in [0.05, 0.1) is 9.26 Å². The van der Waals surface area contributed by atoms with Crippen LogP contribution in [0.15, 0.2) is 18.2 Å². The van der Waals surface area contributed by atoms with Crippen molar-refractivity contribution in [1.82, 2.24) is 9.97 Å². The van der Waals surface area contributed by atoms with Crippen LogP contribution < -0.4 is 5.32 Å². The Labute approximate surface area is 142 Å². The summed E-state index contributed by atoms with van der Waals surface area (Å²) in [5.74, 6) is 1.19. The summed E-state index contributed by atoms with van der Waals surface area (Å²) in [5.41, 5.74) is 1.75. The quantitative estimate of drug-likeness (QED) is 0.720. The topological polar surface area (TPSA) is 37.8 Å². The molecule has 0 aliphatic heterocycles. The minimum atomic E-state index is -0.339. The van der Waals surface area contributed by atoms with Crippen LogP contribution in [0.3, 0.4) is 0 Å². The van der Waals surface area contributed by atoms with Crippen molar-refractivity contribution in [3.05, 3.63) is 49.7 Å². The monoisotopic (exact) mass is 419 g/mol. The Kier molecular flexibility index (Phi) is 5.75. The lowest BCUT2D eigenvalue weighted by Crippen LogP contribution is -2.09. The number of nitrogens with one attached hydrogen (secondary N) is 1. The maximum atomic E-state index is 13.1. The molecule has 0 aliphatic rings. The standard InChI is InChI=1S/C15H16ClFIN3/c1-3-6-19-15-14(18)9(2)20-13(21-15)7-10-4-5-11(17)8-12(10)16/h4-5,8H,3,6-7H2,1-2H3,(H,19,20,21). The van der Waals surface area contributed by atoms with Gasteiger partial charge in [-0.3, -0.25) is 0 Å². The zero-order valence-electron chi connectivity index (χ0n) is 11.9. The highest BCUT2D eigenvalue weighted by atomic mass is 127. The summed E-state index contributed by atoms with van der Waals surface area (Å²) >= 11 is 8.30. The van der Waals surface area contributed by atoms with E-state index in [1.54, 1.807) is 6.07 Å². The number of aryl methyl sites for hydroxylation is 1. The van der Waals surface area contributed by atoms with E-state index in [0.29, 0.717) is 17.3 Å². The van der Waals surface area contributed by atoms with Crippen LogP contribution in [-0.4, -0.2) is 16.5 Å². The number of halogens is 3. The average molecular weight is 420 g/mol. The molecule has 0 aliphatic carbocycles. The second kappa shape index (κ2) is 7.35. The molecule has 1 heterocycles. The molecule has 6 heteroatoms. The Morgan fingerprint density at radius 3 is 2.76 bits per heavy atom. The number of nitrogens with zero attached hydrogens (tertiary/aromatic N) is 2. The van der Waals surface area contributed by atoms with Gasteiger partial charge in [0.1, 0.15) is 17.5 Å². The molecule has 0 saturated heterocycles. The van der Waals surface area contributed by atoms with Gasteiger partial charge in [-0.1, -0.05) is 24.6 Å². The second-order valence-corrected chi connectivity index (χ2v) is 6.21. The van der Waals surface area contributed by atoms with Gasteiger partial charge in [-0.05, 0) is 53.6 Å². The Balaban J connectivity index is 2.29. The largest absolute Gasteiger partial charge is 0.369 e. The molecule has 0 bridgehead atoms. The predicted octanol–water partition coefficient (Wildman–Crippen LogP) is 4.59. The third-order valence-corrected chi connectivity index (χ3v) is 4.61. The van der Waals surface area contributed by atoms with E-state index in [0.717, 1.165) is 33.6 Å². The second-order valence-electron chi connectivity index (χ2n) is 4.73. The first-order valence-corrected chi connectivity index (χ1v) is 8.17. The van der Waals surface area contributed by atoms with E-state index in [1.807, 2.05) is 6.92 Å². The van der Waals surface area contributed by atoms with E-state index in [2.05, 4.69) is 44.8 Å². The fourth-order valence-electron chi connectivity index (χ4n) is 1.89. The van der Waals surface area contributed by atoms with Crippen LogP contribution in [0.2, 0.25) is 5.02 Å². The summed E-state index contributed by atoms with van der Waals surface area (Å²) in [6.07, 6.45) is 1.51. The number of anilines is 1. The third-order valence-electron chi connectivity index (χ3n) is 2.97. The molecule has 2 aromatic rings. The molecule has 0 spiro atoms. The van der Waals surface area contributed by atoms with E-state index in [9.17, 15) is 4.39 Å². The molecule has 0 radical (unpaired) electrons. The van der Waals surface area contributed by atoms with Crippen LogP contribution in [-0.2, 0) is 6.42 Å². The lowest BCUT2D eigenvalue weighted by molar-refractivity contribution is 0.627. The molecular weight excluding hydrogens is 404 g/mol. The highest BCUT2D eigenvalue weighted by molar-refractivity contribution is 14.1. The Bertz CT molecular complexity index is 649. The molecule has 21 heavy (non-hydrogen) atoms. The van der Waals surface area contributed by atoms with Gasteiger partial charge in [0.25, 0.3) is 0 Å². The van der Waals surface area contributed by atoms with Gasteiger partial charge in [-0.2, -0.15) is 0 Å². The number of hydrogen-bond acceptors (Lipinski definition) is 3. The van der Waals surface area contributed by atoms with Crippen LogP contribution in [0, 0.1) is 16.3 Å². The highest BCUT2D eigenvalue weighted by Crippen LogP contribution is 2.23. The molecule has 2 rings (SSSR count). The van der Waals surface area contributed by atoms with Crippen LogP contribution in [0.25, 0.3) is 0 Å². The number of benzene rings is 1. The number of rotatable bonds is 5. The first-order valence-electron chi connectivity index (χ1n) is 6.72. The zero-order chi connectivity index (χ0) is 15.4. The van der Waals surface area contributed by atoms with E-state index >= 15 is 0 Å². The smallest absolute Gasteiger partial charge is 0.143 e. The molecule has 1 aromatic heterocycles. The van der Waals surface area contributed by atoms with Gasteiger partial charge in [-0.15, -0.1) is 0 Å². The van der Waals surface area contributed by atoms with Crippen molar-refractivity contribution in [3.8, 4) is 0 Å². The average Bonchev–Trinajstić information content (AvgIpc) is 2.44. The minimum Gasteiger partial charge on any atom is -0.369 e. The van der Waals surface area contributed by atoms with Crippen molar-refractivity contribution in [2.24, 2.45) is 0 Å². The first-order chi connectivity index (χ1) is 10.0. The van der Waals surface area contributed by atoms with Gasteiger partial charge < -0.3 is 5.32 Å². The van der Waals surface area contributed by atoms with Crippen LogP contribution in [0.1, 0.15) is 30.4 Å². The predicted molar refractivity (Wildman–Crippen MR) is 92.5 cm³/mol. The summed E-state index contributed by atoms with van der Waals surface area (Å²) in [6, 6.07) is 4.39. The van der Waals surface area contributed by atoms with Gasteiger partial charge in [-0.25, -0.2) is 14.4 Å². The van der Waals surface area contributed by atoms with E-state index < -0.39 is 0 Å². The van der Waals surface area contributed by atoms with Crippen molar-refractivity contribution in [2.45, 2.75) is 26.7 Å². The van der Waals surface area contributed by atoms with Gasteiger partial charge in [0.2, 0.25) is 0 Å². The SMILES string of the molecule is CCCNc1nc(Cc2ccc(F)cc2Cl)nc(C)c1I. The molecule has 3 nitrogen and oxygen atoms in total.